The van der Waals surface area contributed by atoms with Gasteiger partial charge in [0.1, 0.15) is 11.5 Å². The Bertz CT molecular complexity index is 1360. The molecule has 1 aliphatic rings. The number of carbonyl (C=O) groups excluding carboxylic acids is 1. The molecular formula is C24H20FN5O2. The van der Waals surface area contributed by atoms with Crippen LogP contribution in [0.5, 0.6) is 0 Å². The number of carbonyl (C=O) groups is 1. The maximum Gasteiger partial charge on any atom is 0.282 e. The molecule has 0 unspecified atom stereocenters. The third kappa shape index (κ3) is 3.39. The number of para-hydroxylation sites is 2. The first-order valence-corrected chi connectivity index (χ1v) is 10.3. The standard InChI is InChI=1S/C24H20FN5O2/c1-16-13-22(31)23(27-30(16)21-10-5-3-8-19(21)25)24(32)28-15-18(29-12-6-11-26-29)14-17-7-2-4-9-20(17)28/h2-13,18H,14-15H2,1H3/t18-/m1/s1. The van der Waals surface area contributed by atoms with E-state index in [1.165, 1.54) is 16.8 Å². The molecule has 1 aliphatic heterocycles. The number of hydrogen-bond donors (Lipinski definition) is 0. The summed E-state index contributed by atoms with van der Waals surface area (Å²) in [5, 5.41) is 8.62. The summed E-state index contributed by atoms with van der Waals surface area (Å²) >= 11 is 0. The molecular weight excluding hydrogens is 409 g/mol. The Hall–Kier alpha value is -4.07. The van der Waals surface area contributed by atoms with E-state index in [9.17, 15) is 14.0 Å². The number of anilines is 1. The van der Waals surface area contributed by atoms with Gasteiger partial charge in [-0.05, 0) is 43.2 Å². The van der Waals surface area contributed by atoms with Crippen LogP contribution in [-0.4, -0.2) is 32.0 Å². The lowest BCUT2D eigenvalue weighted by atomic mass is 9.97. The monoisotopic (exact) mass is 429 g/mol. The van der Waals surface area contributed by atoms with E-state index in [0.717, 1.165) is 11.3 Å². The minimum absolute atomic E-state index is 0.0805. The highest BCUT2D eigenvalue weighted by atomic mass is 19.1. The molecule has 7 nitrogen and oxygen atoms in total. The molecule has 3 heterocycles. The van der Waals surface area contributed by atoms with Gasteiger partial charge in [0, 0.05) is 36.4 Å². The number of fused-ring (bicyclic) bond motifs is 1. The number of rotatable bonds is 3. The molecule has 0 bridgehead atoms. The zero-order valence-electron chi connectivity index (χ0n) is 17.4. The number of hydrogen-bond acceptors (Lipinski definition) is 4. The Kier molecular flexibility index (Phi) is 4.89. The van der Waals surface area contributed by atoms with Gasteiger partial charge in [0.25, 0.3) is 5.91 Å². The van der Waals surface area contributed by atoms with Crippen LogP contribution in [0.2, 0.25) is 0 Å². The van der Waals surface area contributed by atoms with Gasteiger partial charge in [0.2, 0.25) is 5.43 Å². The SMILES string of the molecule is Cc1cc(=O)c(C(=O)N2C[C@H](n3cccn3)Cc3ccccc32)nn1-c1ccccc1F. The Labute approximate surface area is 183 Å². The van der Waals surface area contributed by atoms with Crippen LogP contribution >= 0.6 is 0 Å². The molecule has 0 aliphatic carbocycles. The molecule has 0 N–H and O–H groups in total. The topological polar surface area (TPSA) is 73.0 Å². The van der Waals surface area contributed by atoms with Crippen LogP contribution in [-0.2, 0) is 6.42 Å². The highest BCUT2D eigenvalue weighted by molar-refractivity contribution is 6.05. The fourth-order valence-electron chi connectivity index (χ4n) is 4.13. The lowest BCUT2D eigenvalue weighted by molar-refractivity contribution is 0.0972. The van der Waals surface area contributed by atoms with Gasteiger partial charge in [-0.3, -0.25) is 14.3 Å². The van der Waals surface area contributed by atoms with Crippen LogP contribution in [0.4, 0.5) is 10.1 Å². The zero-order chi connectivity index (χ0) is 22.2. The highest BCUT2D eigenvalue weighted by Gasteiger charge is 2.32. The fourth-order valence-corrected chi connectivity index (χ4v) is 4.13. The summed E-state index contributed by atoms with van der Waals surface area (Å²) in [6.45, 7) is 1.99. The second-order valence-electron chi connectivity index (χ2n) is 7.75. The molecule has 0 saturated carbocycles. The minimum atomic E-state index is -0.524. The van der Waals surface area contributed by atoms with E-state index < -0.39 is 17.2 Å². The maximum atomic E-state index is 14.4. The van der Waals surface area contributed by atoms with Crippen molar-refractivity contribution < 1.29 is 9.18 Å². The smallest absolute Gasteiger partial charge is 0.282 e. The summed E-state index contributed by atoms with van der Waals surface area (Å²) in [6.07, 6.45) is 4.26. The number of amides is 1. The summed E-state index contributed by atoms with van der Waals surface area (Å²) in [4.78, 5) is 28.0. The number of nitrogens with zero attached hydrogens (tertiary/aromatic N) is 5. The van der Waals surface area contributed by atoms with Crippen LogP contribution < -0.4 is 10.3 Å². The predicted octanol–water partition coefficient (Wildman–Crippen LogP) is 3.32. The lowest BCUT2D eigenvalue weighted by Gasteiger charge is -2.34. The van der Waals surface area contributed by atoms with E-state index in [-0.39, 0.29) is 17.4 Å². The molecule has 1 amide bonds. The van der Waals surface area contributed by atoms with Gasteiger partial charge in [-0.25, -0.2) is 9.07 Å². The molecule has 0 fully saturated rings. The van der Waals surface area contributed by atoms with Crippen molar-refractivity contribution in [2.75, 3.05) is 11.4 Å². The van der Waals surface area contributed by atoms with Crippen molar-refractivity contribution in [1.82, 2.24) is 19.6 Å². The van der Waals surface area contributed by atoms with Crippen molar-refractivity contribution in [3.63, 3.8) is 0 Å². The Morgan fingerprint density at radius 3 is 2.56 bits per heavy atom. The molecule has 0 saturated heterocycles. The second-order valence-corrected chi connectivity index (χ2v) is 7.75. The average molecular weight is 429 g/mol. The van der Waals surface area contributed by atoms with Gasteiger partial charge in [0.15, 0.2) is 5.69 Å². The maximum absolute atomic E-state index is 14.4. The number of aromatic nitrogens is 4. The number of halogens is 1. The van der Waals surface area contributed by atoms with Crippen molar-refractivity contribution >= 4 is 11.6 Å². The number of aryl methyl sites for hydroxylation is 1. The van der Waals surface area contributed by atoms with Gasteiger partial charge >= 0.3 is 0 Å². The first-order chi connectivity index (χ1) is 15.5. The van der Waals surface area contributed by atoms with Crippen LogP contribution in [0, 0.1) is 12.7 Å². The number of benzene rings is 2. The first kappa shape index (κ1) is 19.9. The summed E-state index contributed by atoms with van der Waals surface area (Å²) in [6, 6.07) is 16.8. The average Bonchev–Trinajstić information content (AvgIpc) is 3.34. The summed E-state index contributed by atoms with van der Waals surface area (Å²) in [7, 11) is 0. The van der Waals surface area contributed by atoms with Gasteiger partial charge in [-0.2, -0.15) is 10.2 Å². The van der Waals surface area contributed by atoms with E-state index in [1.807, 2.05) is 41.2 Å². The molecule has 1 atom stereocenters. The fraction of sp³-hybridized carbons (Fsp3) is 0.167. The summed E-state index contributed by atoms with van der Waals surface area (Å²) < 4.78 is 17.5. The van der Waals surface area contributed by atoms with Gasteiger partial charge in [-0.15, -0.1) is 0 Å². The third-order valence-corrected chi connectivity index (χ3v) is 5.67. The van der Waals surface area contributed by atoms with Crippen molar-refractivity contribution in [1.29, 1.82) is 0 Å². The van der Waals surface area contributed by atoms with Crippen molar-refractivity contribution in [3.05, 3.63) is 106 Å². The molecule has 2 aromatic heterocycles. The van der Waals surface area contributed by atoms with Crippen molar-refractivity contribution in [2.24, 2.45) is 0 Å². The zero-order valence-corrected chi connectivity index (χ0v) is 17.4. The Morgan fingerprint density at radius 2 is 1.81 bits per heavy atom. The first-order valence-electron chi connectivity index (χ1n) is 10.3. The molecule has 4 aromatic rings. The Morgan fingerprint density at radius 1 is 1.06 bits per heavy atom. The molecule has 32 heavy (non-hydrogen) atoms. The largest absolute Gasteiger partial charge is 0.304 e. The molecule has 5 rings (SSSR count). The summed E-state index contributed by atoms with van der Waals surface area (Å²) in [5.74, 6) is -1.02. The van der Waals surface area contributed by atoms with Crippen LogP contribution in [0.1, 0.15) is 27.8 Å². The predicted molar refractivity (Wildman–Crippen MR) is 118 cm³/mol. The van der Waals surface area contributed by atoms with E-state index in [1.54, 1.807) is 36.2 Å². The van der Waals surface area contributed by atoms with Crippen LogP contribution in [0.3, 0.4) is 0 Å². The van der Waals surface area contributed by atoms with Crippen LogP contribution in [0.25, 0.3) is 5.69 Å². The lowest BCUT2D eigenvalue weighted by Crippen LogP contribution is -2.43. The third-order valence-electron chi connectivity index (χ3n) is 5.67. The highest BCUT2D eigenvalue weighted by Crippen LogP contribution is 2.32. The molecule has 2 aromatic carbocycles. The normalized spacial score (nSPS) is 15.4. The van der Waals surface area contributed by atoms with E-state index in [4.69, 9.17) is 0 Å². The van der Waals surface area contributed by atoms with Crippen LogP contribution in [0.15, 0.2) is 77.9 Å². The molecule has 8 heteroatoms. The van der Waals surface area contributed by atoms with Gasteiger partial charge in [0.05, 0.1) is 6.04 Å². The second kappa shape index (κ2) is 7.88. The van der Waals surface area contributed by atoms with Gasteiger partial charge in [-0.1, -0.05) is 30.3 Å². The van der Waals surface area contributed by atoms with E-state index >= 15 is 0 Å². The van der Waals surface area contributed by atoms with Crippen molar-refractivity contribution in [3.8, 4) is 5.69 Å². The molecule has 0 spiro atoms. The Balaban J connectivity index is 1.60. The summed E-state index contributed by atoms with van der Waals surface area (Å²) in [5.41, 5.74) is 1.57. The molecule has 160 valence electrons. The van der Waals surface area contributed by atoms with E-state index in [0.29, 0.717) is 18.7 Å². The minimum Gasteiger partial charge on any atom is -0.304 e. The van der Waals surface area contributed by atoms with E-state index in [2.05, 4.69) is 10.2 Å². The van der Waals surface area contributed by atoms with Gasteiger partial charge < -0.3 is 4.90 Å². The molecule has 0 radical (unpaired) electrons. The van der Waals surface area contributed by atoms with Crippen molar-refractivity contribution in [2.45, 2.75) is 19.4 Å². The quantitative estimate of drug-likeness (QED) is 0.501.